The van der Waals surface area contributed by atoms with Crippen molar-refractivity contribution >= 4 is 5.69 Å². The number of hydrogen-bond donors (Lipinski definition) is 2. The van der Waals surface area contributed by atoms with Crippen LogP contribution in [0.15, 0.2) is 24.3 Å². The molecule has 0 radical (unpaired) electrons. The third kappa shape index (κ3) is 4.59. The smallest absolute Gasteiger partial charge is 0.404 e. The van der Waals surface area contributed by atoms with Gasteiger partial charge in [-0.3, -0.25) is 0 Å². The van der Waals surface area contributed by atoms with Gasteiger partial charge in [0.15, 0.2) is 5.75 Å². The summed E-state index contributed by atoms with van der Waals surface area (Å²) < 4.78 is 41.0. The van der Waals surface area contributed by atoms with E-state index in [1.807, 2.05) is 6.92 Å². The Kier molecular flexibility index (Phi) is 4.75. The molecule has 0 bridgehead atoms. The molecule has 0 saturated carbocycles. The zero-order valence-electron chi connectivity index (χ0n) is 11.3. The first-order valence-electron chi connectivity index (χ1n) is 6.79. The summed E-state index contributed by atoms with van der Waals surface area (Å²) in [5.41, 5.74) is 0.371. The molecule has 1 aliphatic rings. The third-order valence-corrected chi connectivity index (χ3v) is 3.32. The number of anilines is 1. The summed E-state index contributed by atoms with van der Waals surface area (Å²) in [5.74, 6) is -0.189. The number of rotatable bonds is 5. The number of para-hydroxylation sites is 2. The molecule has 1 aliphatic heterocycles. The first kappa shape index (κ1) is 15.0. The molecule has 3 nitrogen and oxygen atoms in total. The lowest BCUT2D eigenvalue weighted by atomic mass is 10.1. The van der Waals surface area contributed by atoms with E-state index in [9.17, 15) is 13.2 Å². The van der Waals surface area contributed by atoms with E-state index < -0.39 is 6.36 Å². The molecule has 0 amide bonds. The molecular formula is C14H19F3N2O. The predicted molar refractivity (Wildman–Crippen MR) is 71.9 cm³/mol. The molecular weight excluding hydrogens is 269 g/mol. The zero-order chi connectivity index (χ0) is 14.6. The van der Waals surface area contributed by atoms with E-state index >= 15 is 0 Å². The Labute approximate surface area is 116 Å². The van der Waals surface area contributed by atoms with Crippen LogP contribution in [0.4, 0.5) is 18.9 Å². The summed E-state index contributed by atoms with van der Waals surface area (Å²) >= 11 is 0. The highest BCUT2D eigenvalue weighted by atomic mass is 19.4. The minimum atomic E-state index is -4.67. The van der Waals surface area contributed by atoms with Gasteiger partial charge in [-0.25, -0.2) is 0 Å². The summed E-state index contributed by atoms with van der Waals surface area (Å²) in [5, 5.41) is 6.47. The van der Waals surface area contributed by atoms with E-state index in [2.05, 4.69) is 15.4 Å². The zero-order valence-corrected chi connectivity index (χ0v) is 11.3. The lowest BCUT2D eigenvalue weighted by Crippen LogP contribution is -2.29. The fourth-order valence-electron chi connectivity index (χ4n) is 2.51. The standard InChI is InChI=1S/C14H19F3N2O/c1-10(9-11-5-4-8-18-11)19-12-6-2-3-7-13(12)20-14(15,16)17/h2-3,6-7,10-11,18-19H,4-5,8-9H2,1H3. The molecule has 20 heavy (non-hydrogen) atoms. The highest BCUT2D eigenvalue weighted by molar-refractivity contribution is 5.56. The van der Waals surface area contributed by atoms with Crippen molar-refractivity contribution in [2.75, 3.05) is 11.9 Å². The first-order chi connectivity index (χ1) is 9.44. The Hall–Kier alpha value is -1.43. The maximum atomic E-state index is 12.3. The van der Waals surface area contributed by atoms with Crippen molar-refractivity contribution in [1.29, 1.82) is 0 Å². The maximum absolute atomic E-state index is 12.3. The molecule has 0 aromatic heterocycles. The summed E-state index contributed by atoms with van der Waals surface area (Å²) in [6, 6.07) is 6.63. The van der Waals surface area contributed by atoms with Crippen molar-refractivity contribution in [2.45, 2.75) is 44.6 Å². The van der Waals surface area contributed by atoms with Crippen LogP contribution in [-0.4, -0.2) is 25.0 Å². The summed E-state index contributed by atoms with van der Waals surface area (Å²) in [7, 11) is 0. The molecule has 0 spiro atoms. The van der Waals surface area contributed by atoms with E-state index in [-0.39, 0.29) is 11.8 Å². The fourth-order valence-corrected chi connectivity index (χ4v) is 2.51. The molecule has 1 aromatic carbocycles. The molecule has 112 valence electrons. The third-order valence-electron chi connectivity index (χ3n) is 3.32. The topological polar surface area (TPSA) is 33.3 Å². The number of halogens is 3. The van der Waals surface area contributed by atoms with E-state index in [1.54, 1.807) is 12.1 Å². The Morgan fingerprint density at radius 1 is 1.40 bits per heavy atom. The average molecular weight is 288 g/mol. The van der Waals surface area contributed by atoms with Crippen LogP contribution in [-0.2, 0) is 0 Å². The van der Waals surface area contributed by atoms with Crippen molar-refractivity contribution in [3.05, 3.63) is 24.3 Å². The first-order valence-corrected chi connectivity index (χ1v) is 6.79. The number of alkyl halides is 3. The molecule has 2 atom stereocenters. The highest BCUT2D eigenvalue weighted by Crippen LogP contribution is 2.30. The van der Waals surface area contributed by atoms with Crippen molar-refractivity contribution in [1.82, 2.24) is 5.32 Å². The van der Waals surface area contributed by atoms with Gasteiger partial charge in [0.2, 0.25) is 0 Å². The van der Waals surface area contributed by atoms with Crippen LogP contribution < -0.4 is 15.4 Å². The van der Waals surface area contributed by atoms with Crippen molar-refractivity contribution < 1.29 is 17.9 Å². The SMILES string of the molecule is CC(CC1CCCN1)Nc1ccccc1OC(F)(F)F. The van der Waals surface area contributed by atoms with Gasteiger partial charge >= 0.3 is 6.36 Å². The second-order valence-electron chi connectivity index (χ2n) is 5.12. The van der Waals surface area contributed by atoms with Crippen LogP contribution in [0.1, 0.15) is 26.2 Å². The van der Waals surface area contributed by atoms with Crippen LogP contribution in [0.5, 0.6) is 5.75 Å². The van der Waals surface area contributed by atoms with Crippen LogP contribution in [0.25, 0.3) is 0 Å². The highest BCUT2D eigenvalue weighted by Gasteiger charge is 2.32. The molecule has 1 aromatic rings. The minimum absolute atomic E-state index is 0.0728. The Bertz CT molecular complexity index is 431. The van der Waals surface area contributed by atoms with Gasteiger partial charge in [0.05, 0.1) is 5.69 Å². The molecule has 1 heterocycles. The van der Waals surface area contributed by atoms with Crippen LogP contribution >= 0.6 is 0 Å². The Morgan fingerprint density at radius 3 is 2.80 bits per heavy atom. The maximum Gasteiger partial charge on any atom is 0.573 e. The Balaban J connectivity index is 1.97. The van der Waals surface area contributed by atoms with E-state index in [0.717, 1.165) is 25.8 Å². The quantitative estimate of drug-likeness (QED) is 0.869. The van der Waals surface area contributed by atoms with E-state index in [0.29, 0.717) is 11.7 Å². The van der Waals surface area contributed by atoms with Crippen molar-refractivity contribution in [3.8, 4) is 5.75 Å². The summed E-state index contributed by atoms with van der Waals surface area (Å²) in [4.78, 5) is 0. The molecule has 0 aliphatic carbocycles. The number of benzene rings is 1. The van der Waals surface area contributed by atoms with Crippen molar-refractivity contribution in [3.63, 3.8) is 0 Å². The largest absolute Gasteiger partial charge is 0.573 e. The summed E-state index contributed by atoms with van der Waals surface area (Å²) in [6.07, 6.45) is -1.52. The van der Waals surface area contributed by atoms with Crippen LogP contribution in [0.2, 0.25) is 0 Å². The van der Waals surface area contributed by atoms with Crippen LogP contribution in [0, 0.1) is 0 Å². The number of hydrogen-bond acceptors (Lipinski definition) is 3. The van der Waals surface area contributed by atoms with Crippen LogP contribution in [0.3, 0.4) is 0 Å². The molecule has 2 N–H and O–H groups in total. The van der Waals surface area contributed by atoms with E-state index in [4.69, 9.17) is 0 Å². The normalized spacial score (nSPS) is 20.7. The molecule has 2 unspecified atom stereocenters. The molecule has 1 saturated heterocycles. The molecule has 6 heteroatoms. The van der Waals surface area contributed by atoms with Gasteiger partial charge in [0.25, 0.3) is 0 Å². The average Bonchev–Trinajstić information content (AvgIpc) is 2.82. The van der Waals surface area contributed by atoms with Gasteiger partial charge in [0.1, 0.15) is 0 Å². The van der Waals surface area contributed by atoms with Gasteiger partial charge in [-0.15, -0.1) is 13.2 Å². The summed E-state index contributed by atoms with van der Waals surface area (Å²) in [6.45, 7) is 2.98. The number of nitrogens with one attached hydrogen (secondary N) is 2. The lowest BCUT2D eigenvalue weighted by Gasteiger charge is -2.21. The second kappa shape index (κ2) is 6.35. The minimum Gasteiger partial charge on any atom is -0.404 e. The Morgan fingerprint density at radius 2 is 2.15 bits per heavy atom. The fraction of sp³-hybridized carbons (Fsp3) is 0.571. The second-order valence-corrected chi connectivity index (χ2v) is 5.12. The molecule has 1 fully saturated rings. The number of ether oxygens (including phenoxy) is 1. The molecule has 2 rings (SSSR count). The van der Waals surface area contributed by atoms with Gasteiger partial charge in [-0.05, 0) is 44.9 Å². The van der Waals surface area contributed by atoms with Crippen molar-refractivity contribution in [2.24, 2.45) is 0 Å². The van der Waals surface area contributed by atoms with Gasteiger partial charge < -0.3 is 15.4 Å². The monoisotopic (exact) mass is 288 g/mol. The predicted octanol–water partition coefficient (Wildman–Crippen LogP) is 3.53. The lowest BCUT2D eigenvalue weighted by molar-refractivity contribution is -0.274. The van der Waals surface area contributed by atoms with Gasteiger partial charge in [-0.2, -0.15) is 0 Å². The van der Waals surface area contributed by atoms with Gasteiger partial charge in [-0.1, -0.05) is 12.1 Å². The van der Waals surface area contributed by atoms with E-state index in [1.165, 1.54) is 12.1 Å². The van der Waals surface area contributed by atoms with Gasteiger partial charge in [0, 0.05) is 12.1 Å².